The van der Waals surface area contributed by atoms with Crippen molar-refractivity contribution in [3.63, 3.8) is 0 Å². The molecule has 4 rings (SSSR count). The number of aryl methyl sites for hydroxylation is 1. The molecule has 0 aliphatic heterocycles. The molecule has 4 aromatic carbocycles. The summed E-state index contributed by atoms with van der Waals surface area (Å²) < 4.78 is 0. The standard InChI is InChI=1S/C27H29N3O/c1-4-14-30(15-5-2)25-18-26(31)27(29-28-22-12-10-19(3)11-13-22)24-17-21-9-7-6-8-20(21)16-23(24)25/h6-13,16-18,31H,4-5,14-15H2,1-3H3. The molecular formula is C27H29N3O. The van der Waals surface area contributed by atoms with Crippen LogP contribution in [0.15, 0.2) is 77.0 Å². The van der Waals surface area contributed by atoms with E-state index in [1.165, 1.54) is 10.9 Å². The molecule has 0 aliphatic rings. The van der Waals surface area contributed by atoms with Gasteiger partial charge in [-0.1, -0.05) is 55.8 Å². The number of fused-ring (bicyclic) bond motifs is 2. The lowest BCUT2D eigenvalue weighted by Crippen LogP contribution is -2.25. The summed E-state index contributed by atoms with van der Waals surface area (Å²) in [4.78, 5) is 2.36. The number of nitrogens with zero attached hydrogens (tertiary/aromatic N) is 3. The minimum atomic E-state index is 0.158. The van der Waals surface area contributed by atoms with Crippen molar-refractivity contribution in [1.29, 1.82) is 0 Å². The fourth-order valence-electron chi connectivity index (χ4n) is 4.04. The monoisotopic (exact) mass is 411 g/mol. The maximum Gasteiger partial charge on any atom is 0.145 e. The molecule has 31 heavy (non-hydrogen) atoms. The van der Waals surface area contributed by atoms with E-state index in [0.717, 1.165) is 53.5 Å². The number of hydrogen-bond acceptors (Lipinski definition) is 4. The van der Waals surface area contributed by atoms with Gasteiger partial charge in [0.25, 0.3) is 0 Å². The number of phenols is 1. The van der Waals surface area contributed by atoms with Gasteiger partial charge in [0.2, 0.25) is 0 Å². The zero-order chi connectivity index (χ0) is 21.8. The second-order valence-electron chi connectivity index (χ2n) is 8.03. The van der Waals surface area contributed by atoms with Gasteiger partial charge in [-0.15, -0.1) is 5.11 Å². The van der Waals surface area contributed by atoms with Crippen LogP contribution in [-0.2, 0) is 0 Å². The van der Waals surface area contributed by atoms with Crippen molar-refractivity contribution in [3.05, 3.63) is 72.3 Å². The molecule has 0 spiro atoms. The maximum atomic E-state index is 11.0. The van der Waals surface area contributed by atoms with E-state index in [1.54, 1.807) is 0 Å². The Kier molecular flexibility index (Phi) is 6.17. The summed E-state index contributed by atoms with van der Waals surface area (Å²) in [6, 6.07) is 22.4. The van der Waals surface area contributed by atoms with E-state index in [0.29, 0.717) is 5.69 Å². The van der Waals surface area contributed by atoms with Crippen LogP contribution in [0.5, 0.6) is 5.75 Å². The van der Waals surface area contributed by atoms with E-state index < -0.39 is 0 Å². The molecule has 1 N–H and O–H groups in total. The molecule has 0 saturated heterocycles. The van der Waals surface area contributed by atoms with Gasteiger partial charge >= 0.3 is 0 Å². The van der Waals surface area contributed by atoms with Crippen molar-refractivity contribution in [1.82, 2.24) is 0 Å². The molecule has 0 fully saturated rings. The van der Waals surface area contributed by atoms with Crippen molar-refractivity contribution >= 4 is 38.6 Å². The summed E-state index contributed by atoms with van der Waals surface area (Å²) in [6.45, 7) is 8.30. The Labute approximate surface area is 183 Å². The highest BCUT2D eigenvalue weighted by Gasteiger charge is 2.17. The van der Waals surface area contributed by atoms with E-state index in [2.05, 4.69) is 59.3 Å². The Morgan fingerprint density at radius 2 is 1.39 bits per heavy atom. The van der Waals surface area contributed by atoms with Gasteiger partial charge in [-0.25, -0.2) is 0 Å². The van der Waals surface area contributed by atoms with Gasteiger partial charge in [0.05, 0.1) is 5.69 Å². The number of benzene rings is 4. The third-order valence-corrected chi connectivity index (χ3v) is 5.56. The van der Waals surface area contributed by atoms with Crippen LogP contribution < -0.4 is 4.90 Å². The first-order chi connectivity index (χ1) is 15.1. The van der Waals surface area contributed by atoms with Gasteiger partial charge in [0, 0.05) is 35.6 Å². The van der Waals surface area contributed by atoms with E-state index >= 15 is 0 Å². The minimum absolute atomic E-state index is 0.158. The van der Waals surface area contributed by atoms with Crippen LogP contribution in [0.1, 0.15) is 32.3 Å². The first-order valence-electron chi connectivity index (χ1n) is 11.0. The molecule has 0 amide bonds. The average Bonchev–Trinajstić information content (AvgIpc) is 2.78. The van der Waals surface area contributed by atoms with Crippen LogP contribution in [0.25, 0.3) is 21.5 Å². The summed E-state index contributed by atoms with van der Waals surface area (Å²) in [5.74, 6) is 0.158. The molecule has 0 heterocycles. The summed E-state index contributed by atoms with van der Waals surface area (Å²) in [6.07, 6.45) is 2.09. The van der Waals surface area contributed by atoms with Crippen molar-refractivity contribution < 1.29 is 5.11 Å². The molecule has 158 valence electrons. The molecule has 0 atom stereocenters. The second kappa shape index (κ2) is 9.17. The summed E-state index contributed by atoms with van der Waals surface area (Å²) in [5.41, 5.74) is 3.51. The zero-order valence-electron chi connectivity index (χ0n) is 18.5. The highest BCUT2D eigenvalue weighted by molar-refractivity contribution is 6.10. The summed E-state index contributed by atoms with van der Waals surface area (Å²) in [7, 11) is 0. The number of rotatable bonds is 7. The second-order valence-corrected chi connectivity index (χ2v) is 8.03. The third kappa shape index (κ3) is 4.38. The van der Waals surface area contributed by atoms with Crippen molar-refractivity contribution in [2.75, 3.05) is 18.0 Å². The van der Waals surface area contributed by atoms with Crippen LogP contribution in [0.3, 0.4) is 0 Å². The van der Waals surface area contributed by atoms with Crippen LogP contribution in [0.2, 0.25) is 0 Å². The van der Waals surface area contributed by atoms with Crippen molar-refractivity contribution in [3.8, 4) is 5.75 Å². The van der Waals surface area contributed by atoms with E-state index in [9.17, 15) is 5.11 Å². The van der Waals surface area contributed by atoms with Gasteiger partial charge in [-0.05, 0) is 54.8 Å². The zero-order valence-corrected chi connectivity index (χ0v) is 18.5. The van der Waals surface area contributed by atoms with E-state index in [-0.39, 0.29) is 5.75 Å². The fourth-order valence-corrected chi connectivity index (χ4v) is 4.04. The summed E-state index contributed by atoms with van der Waals surface area (Å²) >= 11 is 0. The van der Waals surface area contributed by atoms with Crippen molar-refractivity contribution in [2.24, 2.45) is 10.2 Å². The number of aromatic hydroxyl groups is 1. The first kappa shape index (κ1) is 20.9. The number of anilines is 1. The molecule has 0 aliphatic carbocycles. The third-order valence-electron chi connectivity index (χ3n) is 5.56. The van der Waals surface area contributed by atoms with Crippen LogP contribution >= 0.6 is 0 Å². The Morgan fingerprint density at radius 1 is 0.774 bits per heavy atom. The lowest BCUT2D eigenvalue weighted by molar-refractivity contribution is 0.477. The smallest absolute Gasteiger partial charge is 0.145 e. The highest BCUT2D eigenvalue weighted by atomic mass is 16.3. The SMILES string of the molecule is CCCN(CCC)c1cc(O)c(N=Nc2ccc(C)cc2)c2cc3ccccc3cc12. The van der Waals surface area contributed by atoms with E-state index in [1.807, 2.05) is 43.3 Å². The molecule has 0 saturated carbocycles. The Bertz CT molecular complexity index is 1220. The molecule has 0 aromatic heterocycles. The van der Waals surface area contributed by atoms with E-state index in [4.69, 9.17) is 0 Å². The predicted octanol–water partition coefficient (Wildman–Crippen LogP) is 8.05. The van der Waals surface area contributed by atoms with Gasteiger partial charge in [-0.2, -0.15) is 5.11 Å². The molecule has 4 heteroatoms. The van der Waals surface area contributed by atoms with Gasteiger partial charge in [0.1, 0.15) is 11.4 Å². The Balaban J connectivity index is 1.93. The average molecular weight is 412 g/mol. The molecular weight excluding hydrogens is 382 g/mol. The van der Waals surface area contributed by atoms with Crippen molar-refractivity contribution in [2.45, 2.75) is 33.6 Å². The lowest BCUT2D eigenvalue weighted by Gasteiger charge is -2.26. The summed E-state index contributed by atoms with van der Waals surface area (Å²) in [5, 5.41) is 24.2. The molecule has 0 unspecified atom stereocenters. The fraction of sp³-hybridized carbons (Fsp3) is 0.259. The largest absolute Gasteiger partial charge is 0.506 e. The normalized spacial score (nSPS) is 11.6. The van der Waals surface area contributed by atoms with Gasteiger partial charge < -0.3 is 10.0 Å². The topological polar surface area (TPSA) is 48.2 Å². The van der Waals surface area contributed by atoms with Crippen LogP contribution in [-0.4, -0.2) is 18.2 Å². The maximum absolute atomic E-state index is 11.0. The number of phenolic OH excluding ortho intramolecular Hbond substituents is 1. The highest BCUT2D eigenvalue weighted by Crippen LogP contribution is 2.43. The quantitative estimate of drug-likeness (QED) is 0.247. The lowest BCUT2D eigenvalue weighted by atomic mass is 9.99. The van der Waals surface area contributed by atoms with Crippen LogP contribution in [0.4, 0.5) is 17.1 Å². The Hall–Kier alpha value is -3.40. The molecule has 0 radical (unpaired) electrons. The number of hydrogen-bond donors (Lipinski definition) is 1. The van der Waals surface area contributed by atoms with Gasteiger partial charge in [0.15, 0.2) is 0 Å². The first-order valence-corrected chi connectivity index (χ1v) is 11.0. The predicted molar refractivity (Wildman–Crippen MR) is 131 cm³/mol. The van der Waals surface area contributed by atoms with Gasteiger partial charge in [-0.3, -0.25) is 0 Å². The minimum Gasteiger partial charge on any atom is -0.506 e. The van der Waals surface area contributed by atoms with Crippen LogP contribution in [0, 0.1) is 6.92 Å². The molecule has 4 aromatic rings. The number of azo groups is 1. The molecule has 0 bridgehead atoms. The Morgan fingerprint density at radius 3 is 2.00 bits per heavy atom. The molecule has 4 nitrogen and oxygen atoms in total.